The van der Waals surface area contributed by atoms with Gasteiger partial charge in [0, 0.05) is 25.8 Å². The van der Waals surface area contributed by atoms with Gasteiger partial charge in [0.2, 0.25) is 15.3 Å². The zero-order valence-corrected chi connectivity index (χ0v) is 18.7. The number of aryl methyl sites for hydroxylation is 1. The van der Waals surface area contributed by atoms with Crippen molar-refractivity contribution < 1.29 is 12.8 Å². The minimum absolute atomic E-state index is 0.0499. The Bertz CT molecular complexity index is 1270. The van der Waals surface area contributed by atoms with Gasteiger partial charge in [-0.05, 0) is 49.4 Å². The number of sulfone groups is 1. The van der Waals surface area contributed by atoms with Crippen LogP contribution in [-0.4, -0.2) is 26.1 Å². The largest absolute Gasteiger partial charge is 0.369 e. The van der Waals surface area contributed by atoms with E-state index in [1.54, 1.807) is 28.8 Å². The number of pyridine rings is 1. The van der Waals surface area contributed by atoms with Crippen molar-refractivity contribution in [2.24, 2.45) is 5.92 Å². The molecular formula is C24H27FN2O3S. The molecule has 0 N–H and O–H groups in total. The second kappa shape index (κ2) is 8.46. The first-order valence-corrected chi connectivity index (χ1v) is 12.2. The highest BCUT2D eigenvalue weighted by Crippen LogP contribution is 2.30. The Morgan fingerprint density at radius 1 is 1.16 bits per heavy atom. The molecule has 0 saturated carbocycles. The van der Waals surface area contributed by atoms with Crippen LogP contribution in [0.5, 0.6) is 0 Å². The molecule has 1 fully saturated rings. The fraction of sp³-hybridized carbons (Fsp3) is 0.375. The van der Waals surface area contributed by atoms with Crippen molar-refractivity contribution in [3.8, 4) is 0 Å². The van der Waals surface area contributed by atoms with Crippen LogP contribution in [0, 0.1) is 11.7 Å². The zero-order valence-electron chi connectivity index (χ0n) is 17.8. The highest BCUT2D eigenvalue weighted by Gasteiger charge is 2.26. The van der Waals surface area contributed by atoms with Crippen molar-refractivity contribution in [1.29, 1.82) is 0 Å². The highest BCUT2D eigenvalue weighted by molar-refractivity contribution is 7.91. The topological polar surface area (TPSA) is 59.4 Å². The van der Waals surface area contributed by atoms with E-state index in [0.29, 0.717) is 23.7 Å². The molecule has 1 aliphatic heterocycles. The summed E-state index contributed by atoms with van der Waals surface area (Å²) in [4.78, 5) is 15.0. The third kappa shape index (κ3) is 3.99. The molecular weight excluding hydrogens is 415 g/mol. The van der Waals surface area contributed by atoms with Crippen molar-refractivity contribution in [1.82, 2.24) is 4.57 Å². The van der Waals surface area contributed by atoms with Gasteiger partial charge < -0.3 is 9.47 Å². The van der Waals surface area contributed by atoms with E-state index >= 15 is 4.39 Å². The average Bonchev–Trinajstić information content (AvgIpc) is 2.76. The molecule has 3 aromatic rings. The molecule has 1 aromatic heterocycles. The molecule has 2 aromatic carbocycles. The molecule has 5 nitrogen and oxygen atoms in total. The molecule has 7 heteroatoms. The maximum Gasteiger partial charge on any atom is 0.211 e. The monoisotopic (exact) mass is 442 g/mol. The Morgan fingerprint density at radius 3 is 2.58 bits per heavy atom. The van der Waals surface area contributed by atoms with Crippen LogP contribution in [0.25, 0.3) is 10.9 Å². The van der Waals surface area contributed by atoms with Gasteiger partial charge in [-0.2, -0.15) is 0 Å². The molecule has 0 spiro atoms. The lowest BCUT2D eigenvalue weighted by atomic mass is 9.99. The van der Waals surface area contributed by atoms with Crippen LogP contribution in [0.4, 0.5) is 10.1 Å². The Labute approximate surface area is 182 Å². The summed E-state index contributed by atoms with van der Waals surface area (Å²) >= 11 is 0. The normalized spacial score (nSPS) is 17.3. The first-order chi connectivity index (χ1) is 14.8. The van der Waals surface area contributed by atoms with Crippen LogP contribution >= 0.6 is 0 Å². The second-order valence-electron chi connectivity index (χ2n) is 8.35. The van der Waals surface area contributed by atoms with Crippen LogP contribution in [0.2, 0.25) is 0 Å². The summed E-state index contributed by atoms with van der Waals surface area (Å²) in [5, 5.41) is 0.0942. The fourth-order valence-corrected chi connectivity index (χ4v) is 5.76. The van der Waals surface area contributed by atoms with Crippen molar-refractivity contribution >= 4 is 26.4 Å². The van der Waals surface area contributed by atoms with Crippen molar-refractivity contribution in [3.63, 3.8) is 0 Å². The zero-order chi connectivity index (χ0) is 22.2. The van der Waals surface area contributed by atoms with Gasteiger partial charge in [0.15, 0.2) is 0 Å². The van der Waals surface area contributed by atoms with Crippen LogP contribution in [-0.2, 0) is 16.4 Å². The van der Waals surface area contributed by atoms with Crippen molar-refractivity contribution in [3.05, 3.63) is 64.7 Å². The Balaban J connectivity index is 1.93. The van der Waals surface area contributed by atoms with E-state index in [9.17, 15) is 13.2 Å². The number of aromatic nitrogens is 1. The number of anilines is 1. The number of hydrogen-bond donors (Lipinski definition) is 0. The lowest BCUT2D eigenvalue weighted by Gasteiger charge is -2.33. The molecule has 31 heavy (non-hydrogen) atoms. The molecule has 0 bridgehead atoms. The third-order valence-corrected chi connectivity index (χ3v) is 7.68. The maximum absolute atomic E-state index is 15.1. The van der Waals surface area contributed by atoms with Gasteiger partial charge in [-0.25, -0.2) is 12.8 Å². The van der Waals surface area contributed by atoms with Crippen LogP contribution in [0.15, 0.2) is 63.2 Å². The summed E-state index contributed by atoms with van der Waals surface area (Å²) in [6.07, 6.45) is 4.27. The maximum atomic E-state index is 15.1. The summed E-state index contributed by atoms with van der Waals surface area (Å²) in [5.41, 5.74) is 0.374. The quantitative estimate of drug-likeness (QED) is 0.579. The van der Waals surface area contributed by atoms with Gasteiger partial charge in [0.25, 0.3) is 0 Å². The molecule has 1 saturated heterocycles. The van der Waals surface area contributed by atoms with Crippen molar-refractivity contribution in [2.75, 3.05) is 18.0 Å². The smallest absolute Gasteiger partial charge is 0.211 e. The van der Waals surface area contributed by atoms with Gasteiger partial charge in [-0.1, -0.05) is 32.0 Å². The Morgan fingerprint density at radius 2 is 1.90 bits per heavy atom. The van der Waals surface area contributed by atoms with E-state index < -0.39 is 21.1 Å². The van der Waals surface area contributed by atoms with E-state index in [1.165, 1.54) is 24.4 Å². The average molecular weight is 443 g/mol. The summed E-state index contributed by atoms with van der Waals surface area (Å²) in [6.45, 7) is 6.19. The van der Waals surface area contributed by atoms with Gasteiger partial charge >= 0.3 is 0 Å². The predicted octanol–water partition coefficient (Wildman–Crippen LogP) is 4.62. The molecule has 4 rings (SSSR count). The summed E-state index contributed by atoms with van der Waals surface area (Å²) in [7, 11) is -4.02. The molecule has 0 aliphatic carbocycles. The third-order valence-electron chi connectivity index (χ3n) is 5.92. The lowest BCUT2D eigenvalue weighted by Crippen LogP contribution is -2.35. The molecule has 164 valence electrons. The number of rotatable bonds is 5. The summed E-state index contributed by atoms with van der Waals surface area (Å²) < 4.78 is 43.3. The lowest BCUT2D eigenvalue weighted by molar-refractivity contribution is 0.442. The number of fused-ring (bicyclic) bond motifs is 1. The van der Waals surface area contributed by atoms with Crippen molar-refractivity contribution in [2.45, 2.75) is 49.4 Å². The minimum Gasteiger partial charge on any atom is -0.369 e. The fourth-order valence-electron chi connectivity index (χ4n) is 4.37. The number of halogens is 1. The Hall–Kier alpha value is -2.67. The number of nitrogens with zero attached hydrogens (tertiary/aromatic N) is 2. The molecule has 0 radical (unpaired) electrons. The number of benzene rings is 2. The number of piperidine rings is 1. The van der Waals surface area contributed by atoms with E-state index in [4.69, 9.17) is 0 Å². The van der Waals surface area contributed by atoms with E-state index in [2.05, 4.69) is 6.92 Å². The molecule has 2 heterocycles. The van der Waals surface area contributed by atoms with E-state index in [-0.39, 0.29) is 15.2 Å². The predicted molar refractivity (Wildman–Crippen MR) is 121 cm³/mol. The molecule has 0 unspecified atom stereocenters. The van der Waals surface area contributed by atoms with Crippen LogP contribution in [0.3, 0.4) is 0 Å². The first-order valence-electron chi connectivity index (χ1n) is 10.7. The van der Waals surface area contributed by atoms with E-state index in [1.807, 2.05) is 11.8 Å². The molecule has 1 atom stereocenters. The van der Waals surface area contributed by atoms with Gasteiger partial charge in [0.05, 0.1) is 21.5 Å². The van der Waals surface area contributed by atoms with Gasteiger partial charge in [0.1, 0.15) is 10.7 Å². The standard InChI is InChI=1S/C24H27FN2O3S/c1-3-11-26-16-23(31(29,30)18-9-5-4-6-10-18)24(28)19-13-20(25)22(14-21(19)26)27-12-7-8-17(2)15-27/h4-6,9-10,13-14,16-17H,3,7-8,11-12,15H2,1-2H3/t17-/m0/s1. The second-order valence-corrected chi connectivity index (χ2v) is 10.3. The van der Waals surface area contributed by atoms with Crippen LogP contribution < -0.4 is 10.3 Å². The SMILES string of the molecule is CCCn1cc(S(=O)(=O)c2ccccc2)c(=O)c2cc(F)c(N3CCC[C@H](C)C3)cc21. The minimum atomic E-state index is -4.02. The highest BCUT2D eigenvalue weighted by atomic mass is 32.2. The number of hydrogen-bond acceptors (Lipinski definition) is 4. The van der Waals surface area contributed by atoms with Crippen LogP contribution in [0.1, 0.15) is 33.1 Å². The summed E-state index contributed by atoms with van der Waals surface area (Å²) in [5.74, 6) is -0.0175. The van der Waals surface area contributed by atoms with E-state index in [0.717, 1.165) is 32.4 Å². The van der Waals surface area contributed by atoms with Gasteiger partial charge in [-0.3, -0.25) is 4.79 Å². The molecule has 0 amide bonds. The summed E-state index contributed by atoms with van der Waals surface area (Å²) in [6, 6.07) is 10.8. The van der Waals surface area contributed by atoms with Gasteiger partial charge in [-0.15, -0.1) is 0 Å². The Kier molecular flexibility index (Phi) is 5.88. The first kappa shape index (κ1) is 21.6. The molecule has 1 aliphatic rings.